The molecule has 0 bridgehead atoms. The van der Waals surface area contributed by atoms with E-state index in [1.54, 1.807) is 6.20 Å². The number of aromatic amines is 1. The van der Waals surface area contributed by atoms with Gasteiger partial charge in [-0.1, -0.05) is 62.3 Å². The smallest absolute Gasteiger partial charge is 0.276 e. The molecule has 0 unspecified atom stereocenters. The summed E-state index contributed by atoms with van der Waals surface area (Å²) in [5.41, 5.74) is 0.803. The Kier molecular flexibility index (Phi) is 9.69. The Bertz CT molecular complexity index is 1290. The van der Waals surface area contributed by atoms with E-state index in [0.717, 1.165) is 0 Å². The molecule has 1 saturated heterocycles. The molecule has 3 heterocycles. The Hall–Kier alpha value is -0.609. The SMILES string of the molecule is CC(C)(C)[Si](C)(C)OC[C@H]1O[C@@H](n2c(Br)nc3c(=O)[nH]ccc32)[C@H](O[Si](C)(C)C(C)(C)C)[C@@H]1O[Si](C)(C)C(C)(C)C. The van der Waals surface area contributed by atoms with E-state index in [2.05, 4.69) is 127 Å². The molecule has 0 amide bonds. The van der Waals surface area contributed by atoms with Gasteiger partial charge in [0.2, 0.25) is 0 Å². The van der Waals surface area contributed by atoms with Crippen molar-refractivity contribution in [3.05, 3.63) is 27.4 Å². The first-order valence-corrected chi connectivity index (χ1v) is 24.2. The summed E-state index contributed by atoms with van der Waals surface area (Å²) < 4.78 is 30.7. The van der Waals surface area contributed by atoms with Gasteiger partial charge >= 0.3 is 0 Å². The number of halogens is 1. The molecule has 0 radical (unpaired) electrons. The number of imidazole rings is 1. The Labute approximate surface area is 258 Å². The van der Waals surface area contributed by atoms with Crippen LogP contribution in [-0.4, -0.2) is 64.4 Å². The van der Waals surface area contributed by atoms with Crippen LogP contribution in [0.15, 0.2) is 21.8 Å². The molecule has 0 aliphatic carbocycles. The van der Waals surface area contributed by atoms with E-state index in [1.165, 1.54) is 0 Å². The largest absolute Gasteiger partial charge is 0.414 e. The van der Waals surface area contributed by atoms with Crippen LogP contribution in [0.2, 0.25) is 54.4 Å². The number of ether oxygens (including phenoxy) is 1. The second-order valence-electron chi connectivity index (χ2n) is 16.1. The van der Waals surface area contributed by atoms with E-state index in [9.17, 15) is 4.79 Å². The molecule has 1 aliphatic heterocycles. The average molecular weight is 689 g/mol. The van der Waals surface area contributed by atoms with Crippen molar-refractivity contribution in [2.45, 2.75) is 141 Å². The summed E-state index contributed by atoms with van der Waals surface area (Å²) >= 11 is 3.65. The van der Waals surface area contributed by atoms with Crippen molar-refractivity contribution in [3.8, 4) is 0 Å². The summed E-state index contributed by atoms with van der Waals surface area (Å²) in [6.07, 6.45) is -0.0510. The minimum absolute atomic E-state index is 0.00692. The highest BCUT2D eigenvalue weighted by atomic mass is 79.9. The van der Waals surface area contributed by atoms with Crippen LogP contribution in [0.3, 0.4) is 0 Å². The number of H-pyrrole nitrogens is 1. The van der Waals surface area contributed by atoms with Crippen LogP contribution in [0.4, 0.5) is 0 Å². The summed E-state index contributed by atoms with van der Waals surface area (Å²) in [6.45, 7) is 34.2. The first-order valence-electron chi connectivity index (χ1n) is 14.7. The normalized spacial score (nSPS) is 23.5. The third kappa shape index (κ3) is 7.05. The van der Waals surface area contributed by atoms with Gasteiger partial charge in [-0.25, -0.2) is 4.98 Å². The lowest BCUT2D eigenvalue weighted by Crippen LogP contribution is -2.54. The predicted molar refractivity (Wildman–Crippen MR) is 179 cm³/mol. The maximum atomic E-state index is 12.7. The molecule has 4 atom stereocenters. The van der Waals surface area contributed by atoms with E-state index in [0.29, 0.717) is 22.4 Å². The zero-order valence-electron chi connectivity index (χ0n) is 28.0. The van der Waals surface area contributed by atoms with Crippen LogP contribution in [0, 0.1) is 0 Å². The first-order chi connectivity index (χ1) is 18.3. The number of nitrogens with one attached hydrogen (secondary N) is 1. The van der Waals surface area contributed by atoms with Gasteiger partial charge in [-0.3, -0.25) is 9.36 Å². The molecule has 2 aromatic heterocycles. The van der Waals surface area contributed by atoms with Gasteiger partial charge in [-0.2, -0.15) is 0 Å². The molecule has 8 nitrogen and oxygen atoms in total. The van der Waals surface area contributed by atoms with E-state index in [1.807, 2.05) is 10.6 Å². The highest BCUT2D eigenvalue weighted by Gasteiger charge is 2.55. The fourth-order valence-electron chi connectivity index (χ4n) is 4.11. The highest BCUT2D eigenvalue weighted by Crippen LogP contribution is 2.47. The van der Waals surface area contributed by atoms with E-state index < -0.39 is 37.3 Å². The van der Waals surface area contributed by atoms with Gasteiger partial charge in [-0.15, -0.1) is 0 Å². The summed E-state index contributed by atoms with van der Waals surface area (Å²) in [5.74, 6) is 0. The summed E-state index contributed by atoms with van der Waals surface area (Å²) in [6, 6.07) is 1.87. The van der Waals surface area contributed by atoms with Crippen molar-refractivity contribution in [1.82, 2.24) is 14.5 Å². The van der Waals surface area contributed by atoms with Crippen LogP contribution < -0.4 is 5.56 Å². The first kappa shape index (κ1) is 34.9. The van der Waals surface area contributed by atoms with Crippen molar-refractivity contribution in [2.24, 2.45) is 0 Å². The quantitative estimate of drug-likeness (QED) is 0.282. The molecule has 1 aliphatic rings. The molecule has 12 heteroatoms. The number of aromatic nitrogens is 3. The Balaban J connectivity index is 2.20. The molecule has 3 rings (SSSR count). The van der Waals surface area contributed by atoms with Gasteiger partial charge < -0.3 is 23.0 Å². The van der Waals surface area contributed by atoms with Gasteiger partial charge in [0.1, 0.15) is 18.3 Å². The second kappa shape index (κ2) is 11.4. The van der Waals surface area contributed by atoms with Gasteiger partial charge in [0.15, 0.2) is 41.4 Å². The number of pyridine rings is 1. The highest BCUT2D eigenvalue weighted by molar-refractivity contribution is 9.10. The number of rotatable bonds is 8. The second-order valence-corrected chi connectivity index (χ2v) is 31.1. The lowest BCUT2D eigenvalue weighted by atomic mass is 10.1. The van der Waals surface area contributed by atoms with Crippen LogP contribution >= 0.6 is 15.9 Å². The van der Waals surface area contributed by atoms with E-state index >= 15 is 0 Å². The predicted octanol–water partition coefficient (Wildman–Crippen LogP) is 8.19. The van der Waals surface area contributed by atoms with Gasteiger partial charge in [0, 0.05) is 6.20 Å². The van der Waals surface area contributed by atoms with Crippen LogP contribution in [0.25, 0.3) is 11.0 Å². The summed E-state index contributed by atoms with van der Waals surface area (Å²) in [5, 5.41) is 0.0235. The summed E-state index contributed by atoms with van der Waals surface area (Å²) in [4.78, 5) is 20.0. The fourth-order valence-corrected chi connectivity index (χ4v) is 8.30. The third-order valence-corrected chi connectivity index (χ3v) is 24.0. The number of nitrogens with zero attached hydrogens (tertiary/aromatic N) is 2. The Morgan fingerprint density at radius 1 is 0.878 bits per heavy atom. The molecule has 2 aromatic rings. The molecule has 41 heavy (non-hydrogen) atoms. The van der Waals surface area contributed by atoms with Crippen molar-refractivity contribution < 1.29 is 18.0 Å². The zero-order valence-corrected chi connectivity index (χ0v) is 32.6. The van der Waals surface area contributed by atoms with Crippen LogP contribution in [0.5, 0.6) is 0 Å². The zero-order chi connectivity index (χ0) is 31.6. The maximum absolute atomic E-state index is 12.7. The van der Waals surface area contributed by atoms with Gasteiger partial charge in [0.25, 0.3) is 5.56 Å². The molecule has 0 aromatic carbocycles. The minimum atomic E-state index is -2.30. The molecule has 1 fully saturated rings. The van der Waals surface area contributed by atoms with Crippen LogP contribution in [-0.2, 0) is 18.0 Å². The minimum Gasteiger partial charge on any atom is -0.414 e. The molecule has 1 N–H and O–H groups in total. The monoisotopic (exact) mass is 687 g/mol. The van der Waals surface area contributed by atoms with Gasteiger partial charge in [0.05, 0.1) is 12.1 Å². The third-order valence-electron chi connectivity index (χ3n) is 10.0. The number of hydrogen-bond acceptors (Lipinski definition) is 6. The Morgan fingerprint density at radius 2 is 1.37 bits per heavy atom. The average Bonchev–Trinajstić information content (AvgIpc) is 3.27. The lowest BCUT2D eigenvalue weighted by Gasteiger charge is -2.44. The van der Waals surface area contributed by atoms with Crippen molar-refractivity contribution in [1.29, 1.82) is 0 Å². The number of hydrogen-bond donors (Lipinski definition) is 1. The van der Waals surface area contributed by atoms with Crippen molar-refractivity contribution in [2.75, 3.05) is 6.61 Å². The van der Waals surface area contributed by atoms with E-state index in [-0.39, 0.29) is 32.9 Å². The number of fused-ring (bicyclic) bond motifs is 1. The lowest BCUT2D eigenvalue weighted by molar-refractivity contribution is -0.0478. The maximum Gasteiger partial charge on any atom is 0.276 e. The molecule has 0 saturated carbocycles. The standard InChI is InChI=1S/C29H54BrN3O5Si3/c1-27(2,3)39(10,11)35-18-20-22(37-40(12,13)28(4,5)6)23(38-41(14,15)29(7,8)9)25(36-20)33-19-16-17-31-24(34)21(19)32-26(33)30/h16-17,20,22-23,25H,18H2,1-15H3,(H,31,34)/t20-,22-,23-,25-/m1/s1. The topological polar surface area (TPSA) is 87.6 Å². The van der Waals surface area contributed by atoms with E-state index in [4.69, 9.17) is 18.0 Å². The molecular weight excluding hydrogens is 634 g/mol. The van der Waals surface area contributed by atoms with Crippen molar-refractivity contribution >= 4 is 51.9 Å². The summed E-state index contributed by atoms with van der Waals surface area (Å²) in [7, 11) is -6.63. The van der Waals surface area contributed by atoms with Crippen molar-refractivity contribution in [3.63, 3.8) is 0 Å². The molecule has 234 valence electrons. The molecular formula is C29H54BrN3O5Si3. The fraction of sp³-hybridized carbons (Fsp3) is 0.793. The van der Waals surface area contributed by atoms with Crippen LogP contribution in [0.1, 0.15) is 68.5 Å². The molecule has 0 spiro atoms. The Morgan fingerprint density at radius 3 is 1.85 bits per heavy atom. The van der Waals surface area contributed by atoms with Gasteiger partial charge in [-0.05, 0) is 76.4 Å².